The van der Waals surface area contributed by atoms with Crippen molar-refractivity contribution in [3.63, 3.8) is 0 Å². The molecule has 1 N–H and O–H groups in total. The van der Waals surface area contributed by atoms with Crippen LogP contribution in [0.4, 0.5) is 0 Å². The van der Waals surface area contributed by atoms with Gasteiger partial charge in [-0.3, -0.25) is 0 Å². The fourth-order valence-electron chi connectivity index (χ4n) is 1.70. The van der Waals surface area contributed by atoms with E-state index in [-0.39, 0.29) is 0 Å². The van der Waals surface area contributed by atoms with Gasteiger partial charge in [-0.2, -0.15) is 0 Å². The third-order valence-electron chi connectivity index (χ3n) is 2.65. The second kappa shape index (κ2) is 7.44. The van der Waals surface area contributed by atoms with E-state index < -0.39 is 0 Å². The highest BCUT2D eigenvalue weighted by molar-refractivity contribution is 5.42. The Morgan fingerprint density at radius 2 is 1.58 bits per heavy atom. The molecule has 0 saturated heterocycles. The van der Waals surface area contributed by atoms with Crippen LogP contribution in [0.15, 0.2) is 54.6 Å². The second-order valence-electron chi connectivity index (χ2n) is 4.17. The van der Waals surface area contributed by atoms with E-state index >= 15 is 0 Å². The molecule has 100 valence electrons. The molecule has 2 aromatic rings. The number of para-hydroxylation sites is 3. The number of hydrogen-bond acceptors (Lipinski definition) is 3. The quantitative estimate of drug-likeness (QED) is 0.770. The number of ether oxygens (including phenoxy) is 2. The first-order valence-corrected chi connectivity index (χ1v) is 6.49. The van der Waals surface area contributed by atoms with Crippen LogP contribution < -0.4 is 14.8 Å². The molecule has 0 bridgehead atoms. The molecule has 3 nitrogen and oxygen atoms in total. The van der Waals surface area contributed by atoms with Gasteiger partial charge in [-0.1, -0.05) is 30.3 Å². The Hall–Kier alpha value is -2.00. The van der Waals surface area contributed by atoms with Crippen molar-refractivity contribution in [3.05, 3.63) is 54.6 Å². The van der Waals surface area contributed by atoms with Crippen LogP contribution in [0.5, 0.6) is 17.2 Å². The lowest BCUT2D eigenvalue weighted by Crippen LogP contribution is -2.11. The van der Waals surface area contributed by atoms with Crippen molar-refractivity contribution < 1.29 is 9.47 Å². The van der Waals surface area contributed by atoms with Crippen LogP contribution in [0.25, 0.3) is 0 Å². The molecule has 2 rings (SSSR count). The summed E-state index contributed by atoms with van der Waals surface area (Å²) in [6, 6.07) is 17.5. The Labute approximate surface area is 114 Å². The summed E-state index contributed by atoms with van der Waals surface area (Å²) in [4.78, 5) is 0. The topological polar surface area (TPSA) is 30.5 Å². The van der Waals surface area contributed by atoms with Crippen LogP contribution in [0.1, 0.15) is 6.42 Å². The van der Waals surface area contributed by atoms with Gasteiger partial charge in [-0.05, 0) is 44.3 Å². The van der Waals surface area contributed by atoms with Crippen molar-refractivity contribution in [3.8, 4) is 17.2 Å². The van der Waals surface area contributed by atoms with Gasteiger partial charge in [-0.25, -0.2) is 0 Å². The van der Waals surface area contributed by atoms with E-state index in [1.165, 1.54) is 0 Å². The summed E-state index contributed by atoms with van der Waals surface area (Å²) in [5.41, 5.74) is 0. The highest BCUT2D eigenvalue weighted by Crippen LogP contribution is 2.30. The molecule has 2 aromatic carbocycles. The molecule has 0 atom stereocenters. The molecule has 19 heavy (non-hydrogen) atoms. The summed E-state index contributed by atoms with van der Waals surface area (Å²) >= 11 is 0. The van der Waals surface area contributed by atoms with Gasteiger partial charge in [0.25, 0.3) is 0 Å². The monoisotopic (exact) mass is 257 g/mol. The molecule has 0 radical (unpaired) electrons. The Morgan fingerprint density at radius 3 is 2.32 bits per heavy atom. The largest absolute Gasteiger partial charge is 0.490 e. The van der Waals surface area contributed by atoms with E-state index in [9.17, 15) is 0 Å². The first-order valence-electron chi connectivity index (χ1n) is 6.49. The summed E-state index contributed by atoms with van der Waals surface area (Å²) in [5.74, 6) is 2.34. The van der Waals surface area contributed by atoms with Gasteiger partial charge in [0.15, 0.2) is 11.5 Å². The van der Waals surface area contributed by atoms with Crippen LogP contribution in [0.3, 0.4) is 0 Å². The third kappa shape index (κ3) is 4.30. The van der Waals surface area contributed by atoms with Crippen molar-refractivity contribution in [2.45, 2.75) is 6.42 Å². The van der Waals surface area contributed by atoms with Crippen LogP contribution in [0, 0.1) is 0 Å². The SMILES string of the molecule is CNCCCOc1ccccc1Oc1ccccc1. The Balaban J connectivity index is 2.00. The molecule has 0 fully saturated rings. The van der Waals surface area contributed by atoms with Gasteiger partial charge in [0.2, 0.25) is 0 Å². The second-order valence-corrected chi connectivity index (χ2v) is 4.17. The fourth-order valence-corrected chi connectivity index (χ4v) is 1.70. The predicted octanol–water partition coefficient (Wildman–Crippen LogP) is 3.47. The summed E-state index contributed by atoms with van der Waals surface area (Å²) in [5, 5.41) is 3.10. The molecule has 0 aliphatic rings. The van der Waals surface area contributed by atoms with Crippen molar-refractivity contribution in [2.24, 2.45) is 0 Å². The van der Waals surface area contributed by atoms with Crippen molar-refractivity contribution in [2.75, 3.05) is 20.2 Å². The van der Waals surface area contributed by atoms with Crippen LogP contribution in [-0.2, 0) is 0 Å². The first-order chi connectivity index (χ1) is 9.40. The number of hydrogen-bond donors (Lipinski definition) is 1. The van der Waals surface area contributed by atoms with E-state index in [0.717, 1.165) is 30.2 Å². The Bertz CT molecular complexity index is 485. The van der Waals surface area contributed by atoms with Gasteiger partial charge >= 0.3 is 0 Å². The molecule has 0 heterocycles. The van der Waals surface area contributed by atoms with Crippen molar-refractivity contribution >= 4 is 0 Å². The van der Waals surface area contributed by atoms with Crippen molar-refractivity contribution in [1.29, 1.82) is 0 Å². The van der Waals surface area contributed by atoms with Crippen LogP contribution >= 0.6 is 0 Å². The summed E-state index contributed by atoms with van der Waals surface area (Å²) in [6.07, 6.45) is 0.968. The lowest BCUT2D eigenvalue weighted by atomic mass is 10.3. The fraction of sp³-hybridized carbons (Fsp3) is 0.250. The molecule has 0 amide bonds. The zero-order valence-electron chi connectivity index (χ0n) is 11.1. The van der Waals surface area contributed by atoms with Gasteiger partial charge in [0.05, 0.1) is 6.61 Å². The minimum absolute atomic E-state index is 0.677. The Morgan fingerprint density at radius 1 is 0.895 bits per heavy atom. The molecule has 0 saturated carbocycles. The molecular weight excluding hydrogens is 238 g/mol. The molecule has 0 unspecified atom stereocenters. The average Bonchev–Trinajstić information content (AvgIpc) is 2.46. The average molecular weight is 257 g/mol. The van der Waals surface area contributed by atoms with Gasteiger partial charge < -0.3 is 14.8 Å². The number of nitrogens with one attached hydrogen (secondary N) is 1. The first kappa shape index (κ1) is 13.4. The minimum atomic E-state index is 0.677. The maximum absolute atomic E-state index is 5.83. The van der Waals surface area contributed by atoms with Crippen LogP contribution in [-0.4, -0.2) is 20.2 Å². The molecular formula is C16H19NO2. The third-order valence-corrected chi connectivity index (χ3v) is 2.65. The summed E-state index contributed by atoms with van der Waals surface area (Å²) < 4.78 is 11.6. The van der Waals surface area contributed by atoms with E-state index in [2.05, 4.69) is 5.32 Å². The highest BCUT2D eigenvalue weighted by Gasteiger charge is 2.04. The summed E-state index contributed by atoms with van der Waals surface area (Å²) in [6.45, 7) is 1.62. The summed E-state index contributed by atoms with van der Waals surface area (Å²) in [7, 11) is 1.94. The van der Waals surface area contributed by atoms with Gasteiger partial charge in [0, 0.05) is 0 Å². The number of rotatable bonds is 7. The minimum Gasteiger partial charge on any atom is -0.490 e. The van der Waals surface area contributed by atoms with E-state index in [1.807, 2.05) is 61.6 Å². The molecule has 3 heteroatoms. The maximum Gasteiger partial charge on any atom is 0.169 e. The lowest BCUT2D eigenvalue weighted by Gasteiger charge is -2.12. The zero-order chi connectivity index (χ0) is 13.3. The van der Waals surface area contributed by atoms with E-state index in [4.69, 9.17) is 9.47 Å². The predicted molar refractivity (Wildman–Crippen MR) is 77.0 cm³/mol. The normalized spacial score (nSPS) is 10.2. The van der Waals surface area contributed by atoms with E-state index in [0.29, 0.717) is 6.61 Å². The zero-order valence-corrected chi connectivity index (χ0v) is 11.1. The van der Waals surface area contributed by atoms with Crippen molar-refractivity contribution in [1.82, 2.24) is 5.32 Å². The molecule has 0 spiro atoms. The molecule has 0 aromatic heterocycles. The van der Waals surface area contributed by atoms with Crippen LogP contribution in [0.2, 0.25) is 0 Å². The Kier molecular flexibility index (Phi) is 5.26. The standard InChI is InChI=1S/C16H19NO2/c1-17-12-7-13-18-15-10-5-6-11-16(15)19-14-8-3-2-4-9-14/h2-6,8-11,17H,7,12-13H2,1H3. The molecule has 0 aliphatic heterocycles. The number of benzene rings is 2. The van der Waals surface area contributed by atoms with Gasteiger partial charge in [-0.15, -0.1) is 0 Å². The lowest BCUT2D eigenvalue weighted by molar-refractivity contribution is 0.296. The maximum atomic E-state index is 5.83. The highest BCUT2D eigenvalue weighted by atomic mass is 16.5. The van der Waals surface area contributed by atoms with Gasteiger partial charge in [0.1, 0.15) is 5.75 Å². The molecule has 0 aliphatic carbocycles. The van der Waals surface area contributed by atoms with E-state index in [1.54, 1.807) is 0 Å². The smallest absolute Gasteiger partial charge is 0.169 e.